The number of aliphatic hydroxyl groups excluding tert-OH is 1. The second kappa shape index (κ2) is 17.9. The molecule has 0 saturated carbocycles. The maximum Gasteiger partial charge on any atom is 0.0701 e. The number of rotatable bonds is 17. The van der Waals surface area contributed by atoms with Gasteiger partial charge in [0.25, 0.3) is 0 Å². The van der Waals surface area contributed by atoms with E-state index in [0.717, 1.165) is 6.61 Å². The van der Waals surface area contributed by atoms with Gasteiger partial charge in [-0.3, -0.25) is 0 Å². The number of hydrogen-bond donors (Lipinski definition) is 1. The van der Waals surface area contributed by atoms with Crippen molar-refractivity contribution < 1.29 is 19.3 Å². The summed E-state index contributed by atoms with van der Waals surface area (Å²) >= 11 is 0. The number of hydrogen-bond acceptors (Lipinski definition) is 4. The van der Waals surface area contributed by atoms with Crippen LogP contribution in [0.25, 0.3) is 0 Å². The summed E-state index contributed by atoms with van der Waals surface area (Å²) in [6, 6.07) is 0. The van der Waals surface area contributed by atoms with Crippen LogP contribution in [0.2, 0.25) is 0 Å². The van der Waals surface area contributed by atoms with Gasteiger partial charge >= 0.3 is 0 Å². The first-order valence-electron chi connectivity index (χ1n) is 8.65. The molecule has 128 valence electrons. The first-order valence-corrected chi connectivity index (χ1v) is 8.65. The minimum Gasteiger partial charge on any atom is -0.394 e. The van der Waals surface area contributed by atoms with E-state index in [9.17, 15) is 0 Å². The van der Waals surface area contributed by atoms with E-state index in [1.165, 1.54) is 44.9 Å². The predicted molar refractivity (Wildman–Crippen MR) is 86.7 cm³/mol. The van der Waals surface area contributed by atoms with Gasteiger partial charge in [-0.2, -0.15) is 0 Å². The van der Waals surface area contributed by atoms with E-state index in [-0.39, 0.29) is 6.61 Å². The van der Waals surface area contributed by atoms with E-state index in [1.54, 1.807) is 0 Å². The van der Waals surface area contributed by atoms with Crippen molar-refractivity contribution in [1.29, 1.82) is 0 Å². The van der Waals surface area contributed by atoms with E-state index in [1.807, 2.05) is 0 Å². The average molecular weight is 304 g/mol. The van der Waals surface area contributed by atoms with Crippen LogP contribution in [-0.2, 0) is 14.2 Å². The zero-order valence-corrected chi connectivity index (χ0v) is 14.1. The molecule has 1 atom stereocenters. The van der Waals surface area contributed by atoms with Gasteiger partial charge in [0.2, 0.25) is 0 Å². The van der Waals surface area contributed by atoms with Gasteiger partial charge in [0.05, 0.1) is 39.6 Å². The molecular formula is C17H36O4. The van der Waals surface area contributed by atoms with Gasteiger partial charge in [-0.05, 0) is 12.3 Å². The van der Waals surface area contributed by atoms with E-state index < -0.39 is 0 Å². The highest BCUT2D eigenvalue weighted by Gasteiger charge is 2.02. The van der Waals surface area contributed by atoms with E-state index in [0.29, 0.717) is 39.0 Å². The third-order valence-electron chi connectivity index (χ3n) is 3.43. The summed E-state index contributed by atoms with van der Waals surface area (Å²) in [6.07, 6.45) is 9.42. The molecular weight excluding hydrogens is 268 g/mol. The van der Waals surface area contributed by atoms with Crippen LogP contribution in [0.4, 0.5) is 0 Å². The Labute approximate surface area is 131 Å². The van der Waals surface area contributed by atoms with E-state index >= 15 is 0 Å². The molecule has 0 bridgehead atoms. The molecule has 0 aromatic carbocycles. The quantitative estimate of drug-likeness (QED) is 0.418. The molecule has 0 amide bonds. The summed E-state index contributed by atoms with van der Waals surface area (Å²) in [7, 11) is 0. The lowest BCUT2D eigenvalue weighted by Gasteiger charge is -2.12. The molecule has 4 nitrogen and oxygen atoms in total. The molecule has 0 radical (unpaired) electrons. The van der Waals surface area contributed by atoms with Crippen molar-refractivity contribution in [2.75, 3.05) is 46.2 Å². The van der Waals surface area contributed by atoms with Crippen molar-refractivity contribution in [2.24, 2.45) is 5.92 Å². The highest BCUT2D eigenvalue weighted by molar-refractivity contribution is 4.53. The molecule has 0 spiro atoms. The van der Waals surface area contributed by atoms with Gasteiger partial charge in [-0.1, -0.05) is 52.4 Å². The van der Waals surface area contributed by atoms with Crippen molar-refractivity contribution in [3.05, 3.63) is 0 Å². The largest absolute Gasteiger partial charge is 0.394 e. The Kier molecular flexibility index (Phi) is 17.8. The summed E-state index contributed by atoms with van der Waals surface area (Å²) in [6.45, 7) is 8.17. The molecule has 1 unspecified atom stereocenters. The second-order valence-corrected chi connectivity index (χ2v) is 5.68. The molecule has 21 heavy (non-hydrogen) atoms. The van der Waals surface area contributed by atoms with E-state index in [4.69, 9.17) is 19.3 Å². The normalized spacial score (nSPS) is 12.7. The Balaban J connectivity index is 3.10. The van der Waals surface area contributed by atoms with Crippen molar-refractivity contribution in [2.45, 2.75) is 58.8 Å². The summed E-state index contributed by atoms with van der Waals surface area (Å²) < 4.78 is 16.1. The van der Waals surface area contributed by atoms with E-state index in [2.05, 4.69) is 13.8 Å². The summed E-state index contributed by atoms with van der Waals surface area (Å²) in [5.41, 5.74) is 0. The van der Waals surface area contributed by atoms with Crippen LogP contribution in [0.15, 0.2) is 0 Å². The zero-order chi connectivity index (χ0) is 15.6. The summed E-state index contributed by atoms with van der Waals surface area (Å²) in [5.74, 6) is 0.643. The van der Waals surface area contributed by atoms with Crippen LogP contribution >= 0.6 is 0 Å². The lowest BCUT2D eigenvalue weighted by molar-refractivity contribution is 0.00227. The number of ether oxygens (including phenoxy) is 3. The van der Waals surface area contributed by atoms with Crippen LogP contribution in [-0.4, -0.2) is 51.4 Å². The molecule has 0 aromatic heterocycles. The lowest BCUT2D eigenvalue weighted by Crippen LogP contribution is -2.13. The highest BCUT2D eigenvalue weighted by Crippen LogP contribution is 2.12. The first kappa shape index (κ1) is 20.8. The second-order valence-electron chi connectivity index (χ2n) is 5.68. The molecule has 1 N–H and O–H groups in total. The van der Waals surface area contributed by atoms with Gasteiger partial charge in [-0.15, -0.1) is 0 Å². The maximum atomic E-state index is 8.52. The van der Waals surface area contributed by atoms with Crippen LogP contribution in [0.5, 0.6) is 0 Å². The molecule has 0 saturated heterocycles. The first-order chi connectivity index (χ1) is 10.3. The van der Waals surface area contributed by atoms with Crippen molar-refractivity contribution >= 4 is 0 Å². The van der Waals surface area contributed by atoms with Crippen LogP contribution in [0.1, 0.15) is 58.8 Å². The fraction of sp³-hybridized carbons (Fsp3) is 1.00. The molecule has 0 aliphatic heterocycles. The lowest BCUT2D eigenvalue weighted by atomic mass is 10.0. The van der Waals surface area contributed by atoms with Gasteiger partial charge < -0.3 is 19.3 Å². The Morgan fingerprint density at radius 3 is 2.00 bits per heavy atom. The molecule has 0 aliphatic carbocycles. The van der Waals surface area contributed by atoms with Gasteiger partial charge in [0.15, 0.2) is 0 Å². The van der Waals surface area contributed by atoms with Gasteiger partial charge in [0, 0.05) is 6.61 Å². The Morgan fingerprint density at radius 1 is 0.762 bits per heavy atom. The topological polar surface area (TPSA) is 47.9 Å². The summed E-state index contributed by atoms with van der Waals surface area (Å²) in [4.78, 5) is 0. The van der Waals surface area contributed by atoms with Gasteiger partial charge in [0.1, 0.15) is 0 Å². The SMILES string of the molecule is CCCCCCCCC(C)COCCOCCOCCO. The van der Waals surface area contributed by atoms with Crippen LogP contribution < -0.4 is 0 Å². The van der Waals surface area contributed by atoms with Crippen LogP contribution in [0.3, 0.4) is 0 Å². The zero-order valence-electron chi connectivity index (χ0n) is 14.1. The molecule has 0 heterocycles. The molecule has 0 aromatic rings. The molecule has 0 rings (SSSR count). The monoisotopic (exact) mass is 304 g/mol. The number of unbranched alkanes of at least 4 members (excludes halogenated alkanes) is 5. The Morgan fingerprint density at radius 2 is 1.33 bits per heavy atom. The summed E-state index contributed by atoms with van der Waals surface area (Å²) in [5, 5.41) is 8.52. The fourth-order valence-corrected chi connectivity index (χ4v) is 2.15. The third-order valence-corrected chi connectivity index (χ3v) is 3.43. The fourth-order valence-electron chi connectivity index (χ4n) is 2.15. The predicted octanol–water partition coefficient (Wildman–Crippen LogP) is 3.42. The van der Waals surface area contributed by atoms with Crippen molar-refractivity contribution in [3.63, 3.8) is 0 Å². The maximum absolute atomic E-state index is 8.52. The Bertz CT molecular complexity index is 188. The van der Waals surface area contributed by atoms with Gasteiger partial charge in [-0.25, -0.2) is 0 Å². The molecule has 0 fully saturated rings. The third kappa shape index (κ3) is 17.8. The highest BCUT2D eigenvalue weighted by atomic mass is 16.5. The standard InChI is InChI=1S/C17H36O4/c1-3-4-5-6-7-8-9-17(2)16-21-15-14-20-13-12-19-11-10-18/h17-18H,3-16H2,1-2H3. The number of aliphatic hydroxyl groups is 1. The van der Waals surface area contributed by atoms with Crippen LogP contribution in [0, 0.1) is 5.92 Å². The van der Waals surface area contributed by atoms with Crippen molar-refractivity contribution in [1.82, 2.24) is 0 Å². The van der Waals surface area contributed by atoms with Crippen molar-refractivity contribution in [3.8, 4) is 0 Å². The minimum absolute atomic E-state index is 0.0691. The Hall–Kier alpha value is -0.160. The smallest absolute Gasteiger partial charge is 0.0701 e. The average Bonchev–Trinajstić information content (AvgIpc) is 2.49. The minimum atomic E-state index is 0.0691. The molecule has 0 aliphatic rings. The molecule has 4 heteroatoms.